The number of amides is 1. The van der Waals surface area contributed by atoms with Crippen LogP contribution >= 0.6 is 0 Å². The number of benzene rings is 1. The Morgan fingerprint density at radius 3 is 2.52 bits per heavy atom. The third-order valence-electron chi connectivity index (χ3n) is 4.72. The number of ketones is 1. The summed E-state index contributed by atoms with van der Waals surface area (Å²) in [5.74, 6) is -1.43. The first-order valence-corrected chi connectivity index (χ1v) is 9.00. The molecule has 2 heterocycles. The minimum atomic E-state index is -0.623. The second-order valence-electron chi connectivity index (χ2n) is 6.58. The zero-order valence-corrected chi connectivity index (χ0v) is 15.8. The number of carbonyl (C=O) groups excluding carboxylic acids is 3. The maximum atomic E-state index is 13.0. The van der Waals surface area contributed by atoms with Gasteiger partial charge >= 0.3 is 11.9 Å². The van der Waals surface area contributed by atoms with E-state index in [0.717, 1.165) is 13.1 Å². The van der Waals surface area contributed by atoms with Crippen molar-refractivity contribution in [2.24, 2.45) is 0 Å². The van der Waals surface area contributed by atoms with Gasteiger partial charge in [0.1, 0.15) is 5.75 Å². The average molecular weight is 372 g/mol. The Labute approximate surface area is 157 Å². The molecule has 144 valence electrons. The summed E-state index contributed by atoms with van der Waals surface area (Å²) >= 11 is 0. The van der Waals surface area contributed by atoms with Gasteiger partial charge in [0.25, 0.3) is 5.78 Å². The fourth-order valence-corrected chi connectivity index (χ4v) is 3.31. The largest absolute Gasteiger partial charge is 0.426 e. The lowest BCUT2D eigenvalue weighted by Gasteiger charge is -2.39. The second-order valence-corrected chi connectivity index (χ2v) is 6.58. The minimum absolute atomic E-state index is 0.208. The number of fused-ring (bicyclic) bond motifs is 1. The molecule has 0 atom stereocenters. The van der Waals surface area contributed by atoms with Crippen molar-refractivity contribution in [1.29, 1.82) is 0 Å². The van der Waals surface area contributed by atoms with Crippen LogP contribution in [0.25, 0.3) is 10.9 Å². The molecular weight excluding hydrogens is 348 g/mol. The van der Waals surface area contributed by atoms with Gasteiger partial charge in [0.05, 0.1) is 10.9 Å². The van der Waals surface area contributed by atoms with Crippen LogP contribution in [0.1, 0.15) is 24.2 Å². The maximum Gasteiger partial charge on any atom is 0.309 e. The van der Waals surface area contributed by atoms with Crippen LogP contribution < -0.4 is 4.74 Å². The quantitative estimate of drug-likeness (QED) is 0.368. The van der Waals surface area contributed by atoms with E-state index in [0.29, 0.717) is 30.5 Å². The predicted molar refractivity (Wildman–Crippen MR) is 100 cm³/mol. The number of hydrogen-bond donors (Lipinski definition) is 1. The summed E-state index contributed by atoms with van der Waals surface area (Å²) < 4.78 is 5.22. The third-order valence-corrected chi connectivity index (χ3v) is 4.72. The SMILES string of the molecule is CCN(C(=O)C(=O)c1c[nH]c2cccc(OC(C)=O)c12)N1CCN(C)CC1. The summed E-state index contributed by atoms with van der Waals surface area (Å²) in [5, 5.41) is 3.87. The average Bonchev–Trinajstić information content (AvgIpc) is 3.08. The molecule has 0 bridgehead atoms. The smallest absolute Gasteiger partial charge is 0.309 e. The van der Waals surface area contributed by atoms with E-state index in [1.54, 1.807) is 18.2 Å². The first-order chi connectivity index (χ1) is 12.9. The number of hydrogen-bond acceptors (Lipinski definition) is 6. The molecule has 1 N–H and O–H groups in total. The molecule has 1 fully saturated rings. The van der Waals surface area contributed by atoms with Crippen molar-refractivity contribution < 1.29 is 19.1 Å². The van der Waals surface area contributed by atoms with E-state index in [9.17, 15) is 14.4 Å². The lowest BCUT2D eigenvalue weighted by atomic mass is 10.1. The number of likely N-dealkylation sites (N-methyl/N-ethyl adjacent to an activating group) is 2. The molecule has 1 aromatic heterocycles. The van der Waals surface area contributed by atoms with Gasteiger partial charge in [-0.1, -0.05) is 6.07 Å². The maximum absolute atomic E-state index is 13.0. The lowest BCUT2D eigenvalue weighted by molar-refractivity contribution is -0.146. The van der Waals surface area contributed by atoms with E-state index >= 15 is 0 Å². The number of piperazine rings is 1. The monoisotopic (exact) mass is 372 g/mol. The van der Waals surface area contributed by atoms with Gasteiger partial charge in [-0.15, -0.1) is 0 Å². The molecular formula is C19H24N4O4. The Bertz CT molecular complexity index is 868. The van der Waals surface area contributed by atoms with Crippen LogP contribution in [0.15, 0.2) is 24.4 Å². The van der Waals surface area contributed by atoms with Crippen LogP contribution in [0.2, 0.25) is 0 Å². The van der Waals surface area contributed by atoms with Crippen molar-refractivity contribution in [3.8, 4) is 5.75 Å². The minimum Gasteiger partial charge on any atom is -0.426 e. The molecule has 0 spiro atoms. The second kappa shape index (κ2) is 7.89. The Kier molecular flexibility index (Phi) is 5.57. The van der Waals surface area contributed by atoms with Crippen LogP contribution in [0.4, 0.5) is 0 Å². The highest BCUT2D eigenvalue weighted by Gasteiger charge is 2.30. The number of ether oxygens (including phenoxy) is 1. The van der Waals surface area contributed by atoms with Gasteiger partial charge in [0.2, 0.25) is 0 Å². The number of Topliss-reactive ketones (excluding diaryl/α,β-unsaturated/α-hetero) is 1. The first-order valence-electron chi connectivity index (χ1n) is 9.00. The van der Waals surface area contributed by atoms with Crippen molar-refractivity contribution in [2.45, 2.75) is 13.8 Å². The predicted octanol–water partition coefficient (Wildman–Crippen LogP) is 1.29. The van der Waals surface area contributed by atoms with Crippen molar-refractivity contribution in [1.82, 2.24) is 19.9 Å². The Morgan fingerprint density at radius 1 is 1.19 bits per heavy atom. The molecule has 0 radical (unpaired) electrons. The summed E-state index contributed by atoms with van der Waals surface area (Å²) in [5.41, 5.74) is 0.840. The van der Waals surface area contributed by atoms with Gasteiger partial charge in [0, 0.05) is 51.4 Å². The Morgan fingerprint density at radius 2 is 1.89 bits per heavy atom. The lowest BCUT2D eigenvalue weighted by Crippen LogP contribution is -2.56. The molecule has 8 nitrogen and oxygen atoms in total. The molecule has 1 aliphatic heterocycles. The van der Waals surface area contributed by atoms with E-state index < -0.39 is 17.7 Å². The molecule has 2 aromatic rings. The zero-order chi connectivity index (χ0) is 19.6. The van der Waals surface area contributed by atoms with Gasteiger partial charge in [-0.25, -0.2) is 5.01 Å². The van der Waals surface area contributed by atoms with Crippen LogP contribution in [-0.2, 0) is 9.59 Å². The van der Waals surface area contributed by atoms with Gasteiger partial charge in [-0.3, -0.25) is 19.4 Å². The Balaban J connectivity index is 1.90. The molecule has 1 aliphatic rings. The number of carbonyl (C=O) groups is 3. The van der Waals surface area contributed by atoms with Gasteiger partial charge in [0.15, 0.2) is 0 Å². The third kappa shape index (κ3) is 3.86. The molecule has 1 aromatic carbocycles. The molecule has 0 unspecified atom stereocenters. The first kappa shape index (κ1) is 19.1. The van der Waals surface area contributed by atoms with E-state index in [2.05, 4.69) is 9.88 Å². The summed E-state index contributed by atoms with van der Waals surface area (Å²) in [6.45, 7) is 6.61. The van der Waals surface area contributed by atoms with E-state index in [-0.39, 0.29) is 11.3 Å². The van der Waals surface area contributed by atoms with Crippen molar-refractivity contribution in [3.63, 3.8) is 0 Å². The highest BCUT2D eigenvalue weighted by atomic mass is 16.5. The number of nitrogens with zero attached hydrogens (tertiary/aromatic N) is 3. The molecule has 27 heavy (non-hydrogen) atoms. The summed E-state index contributed by atoms with van der Waals surface area (Å²) in [6, 6.07) is 5.09. The summed E-state index contributed by atoms with van der Waals surface area (Å²) in [7, 11) is 2.03. The van der Waals surface area contributed by atoms with Crippen molar-refractivity contribution in [2.75, 3.05) is 39.8 Å². The van der Waals surface area contributed by atoms with E-state index in [1.807, 2.05) is 19.0 Å². The van der Waals surface area contributed by atoms with Crippen LogP contribution in [0.5, 0.6) is 5.75 Å². The number of nitrogens with one attached hydrogen (secondary N) is 1. The van der Waals surface area contributed by atoms with Gasteiger partial charge < -0.3 is 14.6 Å². The van der Waals surface area contributed by atoms with E-state index in [1.165, 1.54) is 18.1 Å². The van der Waals surface area contributed by atoms with Crippen molar-refractivity contribution >= 4 is 28.6 Å². The standard InChI is InChI=1S/C19H24N4O4/c1-4-23(22-10-8-21(3)9-11-22)19(26)18(25)14-12-20-15-6-5-7-16(17(14)15)27-13(2)24/h5-7,12,20H,4,8-11H2,1-3H3. The number of aromatic amines is 1. The molecule has 0 saturated carbocycles. The van der Waals surface area contributed by atoms with Crippen molar-refractivity contribution in [3.05, 3.63) is 30.0 Å². The number of aromatic nitrogens is 1. The molecule has 8 heteroatoms. The fraction of sp³-hybridized carbons (Fsp3) is 0.421. The summed E-state index contributed by atoms with van der Waals surface area (Å²) in [4.78, 5) is 42.4. The molecule has 3 rings (SSSR count). The van der Waals surface area contributed by atoms with Gasteiger partial charge in [-0.2, -0.15) is 0 Å². The van der Waals surface area contributed by atoms with Crippen LogP contribution in [-0.4, -0.2) is 77.3 Å². The number of esters is 1. The zero-order valence-electron chi connectivity index (χ0n) is 15.8. The number of hydrazine groups is 1. The highest BCUT2D eigenvalue weighted by Crippen LogP contribution is 2.29. The Hall–Kier alpha value is -2.71. The summed E-state index contributed by atoms with van der Waals surface area (Å²) in [6.07, 6.45) is 1.50. The van der Waals surface area contributed by atoms with E-state index in [4.69, 9.17) is 4.74 Å². The number of H-pyrrole nitrogens is 1. The van der Waals surface area contributed by atoms with Crippen LogP contribution in [0.3, 0.4) is 0 Å². The molecule has 0 aliphatic carbocycles. The normalized spacial score (nSPS) is 15.7. The number of rotatable bonds is 5. The highest BCUT2D eigenvalue weighted by molar-refractivity contribution is 6.45. The molecule has 1 saturated heterocycles. The fourth-order valence-electron chi connectivity index (χ4n) is 3.31. The molecule has 1 amide bonds. The van der Waals surface area contributed by atoms with Gasteiger partial charge in [-0.05, 0) is 26.1 Å². The van der Waals surface area contributed by atoms with Crippen LogP contribution in [0, 0.1) is 0 Å². The topological polar surface area (TPSA) is 85.9 Å².